The number of amides is 1. The molecule has 1 fully saturated rings. The van der Waals surface area contributed by atoms with Crippen molar-refractivity contribution in [1.29, 1.82) is 0 Å². The summed E-state index contributed by atoms with van der Waals surface area (Å²) in [5.41, 5.74) is 9.23. The second-order valence-electron chi connectivity index (χ2n) is 14.3. The zero-order valence-corrected chi connectivity index (χ0v) is 27.1. The van der Waals surface area contributed by atoms with Crippen LogP contribution >= 0.6 is 0 Å². The summed E-state index contributed by atoms with van der Waals surface area (Å²) in [4.78, 5) is 42.4. The molecule has 6 aliphatic heterocycles. The first-order valence-corrected chi connectivity index (χ1v) is 17.7. The number of hydrogen-bond acceptors (Lipinski definition) is 5. The lowest BCUT2D eigenvalue weighted by molar-refractivity contribution is -0.143. The van der Waals surface area contributed by atoms with Crippen molar-refractivity contribution in [2.45, 2.75) is 64.2 Å². The van der Waals surface area contributed by atoms with Gasteiger partial charge >= 0.3 is 11.9 Å². The average molecular weight is 647 g/mol. The van der Waals surface area contributed by atoms with Crippen molar-refractivity contribution >= 4 is 29.1 Å². The van der Waals surface area contributed by atoms with Gasteiger partial charge in [-0.1, -0.05) is 6.07 Å². The van der Waals surface area contributed by atoms with Crippen LogP contribution in [-0.2, 0) is 30.5 Å². The molecule has 0 saturated carbocycles. The van der Waals surface area contributed by atoms with Gasteiger partial charge in [0.25, 0.3) is 5.91 Å². The molecule has 0 bridgehead atoms. The molecule has 2 N–H and O–H groups in total. The summed E-state index contributed by atoms with van der Waals surface area (Å²) in [7, 11) is 0. The average Bonchev–Trinajstić information content (AvgIpc) is 3.11. The Kier molecular flexibility index (Phi) is 6.88. The maximum absolute atomic E-state index is 13.6. The molecule has 6 aliphatic rings. The third-order valence-electron chi connectivity index (χ3n) is 11.6. The molecule has 9 heteroatoms. The Labute approximate surface area is 278 Å². The van der Waals surface area contributed by atoms with E-state index < -0.39 is 17.9 Å². The number of anilines is 1. The number of piperidine rings is 1. The van der Waals surface area contributed by atoms with Crippen molar-refractivity contribution in [3.05, 3.63) is 85.4 Å². The Morgan fingerprint density at radius 2 is 1.50 bits per heavy atom. The van der Waals surface area contributed by atoms with Gasteiger partial charge < -0.3 is 24.7 Å². The fourth-order valence-corrected chi connectivity index (χ4v) is 9.39. The maximum atomic E-state index is 13.6. The summed E-state index contributed by atoms with van der Waals surface area (Å²) in [6, 6.07) is 9.63. The van der Waals surface area contributed by atoms with Crippen LogP contribution in [0.25, 0.3) is 5.57 Å². The lowest BCUT2D eigenvalue weighted by atomic mass is 9.81. The second kappa shape index (κ2) is 11.2. The summed E-state index contributed by atoms with van der Waals surface area (Å²) >= 11 is 0. The van der Waals surface area contributed by atoms with Crippen LogP contribution in [0.3, 0.4) is 0 Å². The molecule has 1 amide bonds. The Morgan fingerprint density at radius 3 is 2.27 bits per heavy atom. The van der Waals surface area contributed by atoms with Crippen molar-refractivity contribution < 1.29 is 29.3 Å². The Balaban J connectivity index is 1.27. The summed E-state index contributed by atoms with van der Waals surface area (Å²) in [5, 5.41) is 22.4. The maximum Gasteiger partial charge on any atom is 0.336 e. The molecule has 3 aromatic carbocycles. The van der Waals surface area contributed by atoms with E-state index in [1.807, 2.05) is 6.07 Å². The van der Waals surface area contributed by atoms with E-state index in [-0.39, 0.29) is 11.5 Å². The van der Waals surface area contributed by atoms with Gasteiger partial charge in [0, 0.05) is 77.8 Å². The SMILES string of the molecule is O=C(O)c1cc(C(=O)N2CCC(C(=O)O)CC2)ccc1C1=c2cc3c4c(c2Oc2c1cc1c5c2CCCN5CCC1)CCC[N+]=4CCC3. The predicted molar refractivity (Wildman–Crippen MR) is 180 cm³/mol. The molecule has 9 rings (SSSR count). The molecule has 0 radical (unpaired) electrons. The van der Waals surface area contributed by atoms with Crippen LogP contribution in [0.15, 0.2) is 30.3 Å². The van der Waals surface area contributed by atoms with E-state index in [9.17, 15) is 24.6 Å². The van der Waals surface area contributed by atoms with Crippen molar-refractivity contribution in [1.82, 2.24) is 9.48 Å². The number of aliphatic carboxylic acids is 1. The lowest BCUT2D eigenvalue weighted by Crippen LogP contribution is -2.45. The molecule has 0 aliphatic carbocycles. The Morgan fingerprint density at radius 1 is 0.771 bits per heavy atom. The van der Waals surface area contributed by atoms with Gasteiger partial charge in [-0.15, -0.1) is 0 Å². The number of hydrogen-bond donors (Lipinski definition) is 2. The molecule has 0 atom stereocenters. The van der Waals surface area contributed by atoms with Crippen LogP contribution in [0.1, 0.15) is 92.6 Å². The van der Waals surface area contributed by atoms with Crippen molar-refractivity contribution in [2.24, 2.45) is 5.92 Å². The second-order valence-corrected chi connectivity index (χ2v) is 14.3. The molecular formula is C39H40N3O6+. The van der Waals surface area contributed by atoms with Crippen LogP contribution in [0.4, 0.5) is 5.69 Å². The number of aromatic carboxylic acids is 1. The summed E-state index contributed by atoms with van der Waals surface area (Å²) < 4.78 is 9.62. The van der Waals surface area contributed by atoms with E-state index >= 15 is 0 Å². The molecule has 1 saturated heterocycles. The van der Waals surface area contributed by atoms with Crippen LogP contribution in [0.2, 0.25) is 0 Å². The van der Waals surface area contributed by atoms with Gasteiger partial charge in [0.2, 0.25) is 5.36 Å². The standard InChI is InChI=1S/C39H39N3O6/c43-37(42-17-11-22(12-18-42)38(44)45)25-9-10-26(29(21-25)39(46)47)32-30-19-23-5-1-13-40-15-3-7-27(33(23)40)35(30)48-36-28-8-4-16-41-14-2-6-24(34(28)41)20-31(32)36/h9-10,19-22H,1-8,11-18H2,(H-,44,45,46,47)/p+1. The topological polar surface area (TPSA) is 110 Å². The first-order chi connectivity index (χ1) is 23.4. The van der Waals surface area contributed by atoms with Crippen molar-refractivity contribution in [3.63, 3.8) is 0 Å². The van der Waals surface area contributed by atoms with Gasteiger partial charge in [0.15, 0.2) is 0 Å². The predicted octanol–water partition coefficient (Wildman–Crippen LogP) is 3.76. The highest BCUT2D eigenvalue weighted by Crippen LogP contribution is 2.48. The number of likely N-dealkylation sites (tertiary alicyclic amines) is 1. The summed E-state index contributed by atoms with van der Waals surface area (Å²) in [6.07, 6.45) is 8.89. The lowest BCUT2D eigenvalue weighted by Gasteiger charge is -2.39. The normalized spacial score (nSPS) is 19.5. The van der Waals surface area contributed by atoms with E-state index in [0.29, 0.717) is 37.1 Å². The van der Waals surface area contributed by atoms with Gasteiger partial charge in [-0.05, 0) is 86.8 Å². The molecule has 246 valence electrons. The number of carboxylic acid groups (broad SMARTS) is 2. The van der Waals surface area contributed by atoms with Gasteiger partial charge in [-0.2, -0.15) is 0 Å². The van der Waals surface area contributed by atoms with Gasteiger partial charge in [-0.3, -0.25) is 9.59 Å². The Bertz CT molecular complexity index is 2070. The van der Waals surface area contributed by atoms with E-state index in [0.717, 1.165) is 105 Å². The number of fused-ring (bicyclic) bond motifs is 4. The quantitative estimate of drug-likeness (QED) is 0.325. The smallest absolute Gasteiger partial charge is 0.336 e. The minimum Gasteiger partial charge on any atom is -0.481 e. The van der Waals surface area contributed by atoms with Crippen LogP contribution in [-0.4, -0.2) is 72.2 Å². The van der Waals surface area contributed by atoms with E-state index in [1.54, 1.807) is 11.0 Å². The molecule has 6 heterocycles. The van der Waals surface area contributed by atoms with Gasteiger partial charge in [0.1, 0.15) is 24.6 Å². The number of nitrogens with zero attached hydrogens (tertiary/aromatic N) is 3. The van der Waals surface area contributed by atoms with Crippen LogP contribution in [0.5, 0.6) is 11.5 Å². The minimum absolute atomic E-state index is 0.0936. The monoisotopic (exact) mass is 646 g/mol. The first-order valence-electron chi connectivity index (χ1n) is 17.7. The van der Waals surface area contributed by atoms with Crippen LogP contribution < -0.4 is 24.8 Å². The molecule has 3 aromatic rings. The fraction of sp³-hybridized carbons (Fsp3) is 0.436. The molecule has 0 spiro atoms. The molecule has 48 heavy (non-hydrogen) atoms. The number of aryl methyl sites for hydroxylation is 2. The highest BCUT2D eigenvalue weighted by Gasteiger charge is 2.37. The van der Waals surface area contributed by atoms with Crippen LogP contribution in [0, 0.1) is 5.92 Å². The zero-order chi connectivity index (χ0) is 32.7. The summed E-state index contributed by atoms with van der Waals surface area (Å²) in [5.74, 6) is -0.901. The number of carbonyl (C=O) groups excluding carboxylic acids is 1. The largest absolute Gasteiger partial charge is 0.481 e. The van der Waals surface area contributed by atoms with Gasteiger partial charge in [-0.25, -0.2) is 9.37 Å². The minimum atomic E-state index is -1.08. The Hall–Kier alpha value is -4.66. The molecule has 0 unspecified atom stereocenters. The zero-order valence-electron chi connectivity index (χ0n) is 27.1. The van der Waals surface area contributed by atoms with E-state index in [1.165, 1.54) is 39.4 Å². The molecule has 0 aromatic heterocycles. The number of carboxylic acids is 2. The van der Waals surface area contributed by atoms with E-state index in [2.05, 4.69) is 21.6 Å². The first kappa shape index (κ1) is 29.5. The molecule has 9 nitrogen and oxygen atoms in total. The van der Waals surface area contributed by atoms with Crippen molar-refractivity contribution in [2.75, 3.05) is 44.2 Å². The van der Waals surface area contributed by atoms with Crippen molar-refractivity contribution in [3.8, 4) is 11.5 Å². The number of benzene rings is 3. The third kappa shape index (κ3) is 4.49. The number of ether oxygens (including phenoxy) is 1. The molecular weight excluding hydrogens is 606 g/mol. The number of rotatable bonds is 4. The fourth-order valence-electron chi connectivity index (χ4n) is 9.39. The third-order valence-corrected chi connectivity index (χ3v) is 11.6. The highest BCUT2D eigenvalue weighted by molar-refractivity contribution is 6.03. The van der Waals surface area contributed by atoms with Gasteiger partial charge in [0.05, 0.1) is 17.0 Å². The number of carbonyl (C=O) groups is 3. The summed E-state index contributed by atoms with van der Waals surface area (Å²) in [6.45, 7) is 4.87. The highest BCUT2D eigenvalue weighted by atomic mass is 16.5. The van der Waals surface area contributed by atoms with E-state index in [4.69, 9.17) is 4.74 Å².